The smallest absolute Gasteiger partial charge is 0.191 e. The largest absolute Gasteiger partial charge is 0.379 e. The molecule has 2 N–H and O–H groups in total. The van der Waals surface area contributed by atoms with E-state index in [1.165, 1.54) is 12.1 Å². The minimum absolute atomic E-state index is 0.212. The molecule has 0 radical (unpaired) electrons. The highest BCUT2D eigenvalue weighted by Crippen LogP contribution is 2.07. The number of nitrogens with one attached hydrogen (secondary N) is 2. The molecule has 2 aromatic rings. The van der Waals surface area contributed by atoms with Gasteiger partial charge in [-0.25, -0.2) is 4.39 Å². The van der Waals surface area contributed by atoms with Gasteiger partial charge in [0, 0.05) is 26.7 Å². The third-order valence-electron chi connectivity index (χ3n) is 4.14. The van der Waals surface area contributed by atoms with E-state index in [4.69, 9.17) is 9.47 Å². The zero-order chi connectivity index (χ0) is 20.0. The van der Waals surface area contributed by atoms with Gasteiger partial charge in [0.15, 0.2) is 5.96 Å². The maximum atomic E-state index is 12.9. The standard InChI is InChI=1S/C22H30FN3O2/c1-3-27-13-14-28-17-20-6-4-5-19(15-20)16-26-22(24-2)25-12-11-18-7-9-21(23)10-8-18/h4-10,15H,3,11-14,16-17H2,1-2H3,(H2,24,25,26). The van der Waals surface area contributed by atoms with Crippen molar-refractivity contribution in [2.45, 2.75) is 26.5 Å². The predicted molar refractivity (Wildman–Crippen MR) is 111 cm³/mol. The van der Waals surface area contributed by atoms with Crippen LogP contribution in [0.1, 0.15) is 23.6 Å². The number of hydrogen-bond donors (Lipinski definition) is 2. The van der Waals surface area contributed by atoms with Gasteiger partial charge >= 0.3 is 0 Å². The third kappa shape index (κ3) is 8.50. The Hall–Kier alpha value is -2.44. The summed E-state index contributed by atoms with van der Waals surface area (Å²) in [6.07, 6.45) is 0.801. The molecule has 6 heteroatoms. The van der Waals surface area contributed by atoms with E-state index >= 15 is 0 Å². The lowest BCUT2D eigenvalue weighted by Crippen LogP contribution is -2.37. The van der Waals surface area contributed by atoms with Crippen molar-refractivity contribution >= 4 is 5.96 Å². The number of ether oxygens (including phenoxy) is 2. The van der Waals surface area contributed by atoms with Gasteiger partial charge in [-0.2, -0.15) is 0 Å². The van der Waals surface area contributed by atoms with E-state index in [0.717, 1.165) is 35.6 Å². The predicted octanol–water partition coefficient (Wildman–Crippen LogP) is 3.29. The summed E-state index contributed by atoms with van der Waals surface area (Å²) >= 11 is 0. The minimum Gasteiger partial charge on any atom is -0.379 e. The average Bonchev–Trinajstić information content (AvgIpc) is 2.72. The van der Waals surface area contributed by atoms with Crippen molar-refractivity contribution in [3.8, 4) is 0 Å². The van der Waals surface area contributed by atoms with E-state index in [9.17, 15) is 4.39 Å². The van der Waals surface area contributed by atoms with Crippen LogP contribution >= 0.6 is 0 Å². The monoisotopic (exact) mass is 387 g/mol. The molecule has 0 aliphatic rings. The molecular weight excluding hydrogens is 357 g/mol. The molecule has 0 bridgehead atoms. The molecule has 0 saturated heterocycles. The highest BCUT2D eigenvalue weighted by atomic mass is 19.1. The highest BCUT2D eigenvalue weighted by Gasteiger charge is 2.01. The van der Waals surface area contributed by atoms with Crippen molar-refractivity contribution in [1.82, 2.24) is 10.6 Å². The molecule has 0 heterocycles. The van der Waals surface area contributed by atoms with Crippen molar-refractivity contribution < 1.29 is 13.9 Å². The number of hydrogen-bond acceptors (Lipinski definition) is 3. The summed E-state index contributed by atoms with van der Waals surface area (Å²) in [5.41, 5.74) is 3.38. The fourth-order valence-corrected chi connectivity index (χ4v) is 2.66. The molecule has 0 fully saturated rings. The van der Waals surface area contributed by atoms with E-state index < -0.39 is 0 Å². The maximum absolute atomic E-state index is 12.9. The minimum atomic E-state index is -0.212. The zero-order valence-corrected chi connectivity index (χ0v) is 16.7. The number of aliphatic imine (C=N–C) groups is 1. The molecule has 0 spiro atoms. The van der Waals surface area contributed by atoms with Crippen molar-refractivity contribution in [2.75, 3.05) is 33.4 Å². The first-order valence-electron chi connectivity index (χ1n) is 9.63. The molecule has 2 aromatic carbocycles. The molecule has 2 rings (SSSR count). The second-order valence-electron chi connectivity index (χ2n) is 6.30. The molecule has 0 amide bonds. The lowest BCUT2D eigenvalue weighted by atomic mass is 10.1. The number of guanidine groups is 1. The molecule has 28 heavy (non-hydrogen) atoms. The second-order valence-corrected chi connectivity index (χ2v) is 6.30. The fraction of sp³-hybridized carbons (Fsp3) is 0.409. The summed E-state index contributed by atoms with van der Waals surface area (Å²) in [6.45, 7) is 5.87. The van der Waals surface area contributed by atoms with Gasteiger partial charge in [-0.1, -0.05) is 36.4 Å². The van der Waals surface area contributed by atoms with Gasteiger partial charge in [-0.15, -0.1) is 0 Å². The van der Waals surface area contributed by atoms with Crippen LogP contribution in [0.3, 0.4) is 0 Å². The van der Waals surface area contributed by atoms with Gasteiger partial charge in [0.1, 0.15) is 5.82 Å². The van der Waals surface area contributed by atoms with Crippen LogP contribution in [0.2, 0.25) is 0 Å². The first-order valence-corrected chi connectivity index (χ1v) is 9.63. The van der Waals surface area contributed by atoms with Gasteiger partial charge in [-0.05, 0) is 42.2 Å². The van der Waals surface area contributed by atoms with E-state index in [-0.39, 0.29) is 5.82 Å². The van der Waals surface area contributed by atoms with Gasteiger partial charge < -0.3 is 20.1 Å². The highest BCUT2D eigenvalue weighted by molar-refractivity contribution is 5.79. The summed E-state index contributed by atoms with van der Waals surface area (Å²) in [7, 11) is 1.75. The van der Waals surface area contributed by atoms with Crippen LogP contribution in [-0.2, 0) is 29.0 Å². The zero-order valence-electron chi connectivity index (χ0n) is 16.7. The Morgan fingerprint density at radius 1 is 0.964 bits per heavy atom. The normalized spacial score (nSPS) is 11.5. The van der Waals surface area contributed by atoms with Gasteiger partial charge in [0.2, 0.25) is 0 Å². The number of nitrogens with zero attached hydrogens (tertiary/aromatic N) is 1. The summed E-state index contributed by atoms with van der Waals surface area (Å²) < 4.78 is 23.8. The fourth-order valence-electron chi connectivity index (χ4n) is 2.66. The maximum Gasteiger partial charge on any atom is 0.191 e. The Kier molecular flexibility index (Phi) is 10.0. The topological polar surface area (TPSA) is 54.9 Å². The van der Waals surface area contributed by atoms with E-state index in [2.05, 4.69) is 33.8 Å². The average molecular weight is 387 g/mol. The molecule has 5 nitrogen and oxygen atoms in total. The molecular formula is C22H30FN3O2. The summed E-state index contributed by atoms with van der Waals surface area (Å²) in [6, 6.07) is 14.8. The molecule has 0 atom stereocenters. The number of halogens is 1. The van der Waals surface area contributed by atoms with Gasteiger partial charge in [0.05, 0.1) is 19.8 Å². The lowest BCUT2D eigenvalue weighted by molar-refractivity contribution is 0.0453. The van der Waals surface area contributed by atoms with Crippen molar-refractivity contribution in [2.24, 2.45) is 4.99 Å². The van der Waals surface area contributed by atoms with Crippen LogP contribution in [-0.4, -0.2) is 39.4 Å². The van der Waals surface area contributed by atoms with Crippen LogP contribution in [0.5, 0.6) is 0 Å². The van der Waals surface area contributed by atoms with Gasteiger partial charge in [-0.3, -0.25) is 4.99 Å². The van der Waals surface area contributed by atoms with Crippen LogP contribution in [0, 0.1) is 5.82 Å². The van der Waals surface area contributed by atoms with Crippen molar-refractivity contribution in [3.63, 3.8) is 0 Å². The Morgan fingerprint density at radius 3 is 2.46 bits per heavy atom. The lowest BCUT2D eigenvalue weighted by Gasteiger charge is -2.13. The Labute approximate surface area is 167 Å². The molecule has 0 unspecified atom stereocenters. The van der Waals surface area contributed by atoms with E-state index in [0.29, 0.717) is 33.0 Å². The van der Waals surface area contributed by atoms with E-state index in [1.54, 1.807) is 19.2 Å². The van der Waals surface area contributed by atoms with Crippen LogP contribution in [0.15, 0.2) is 53.5 Å². The summed E-state index contributed by atoms with van der Waals surface area (Å²) in [5, 5.41) is 6.59. The Bertz CT molecular complexity index is 720. The van der Waals surface area contributed by atoms with Gasteiger partial charge in [0.25, 0.3) is 0 Å². The van der Waals surface area contributed by atoms with Crippen molar-refractivity contribution in [1.29, 1.82) is 0 Å². The van der Waals surface area contributed by atoms with Crippen LogP contribution < -0.4 is 10.6 Å². The Balaban J connectivity index is 1.71. The molecule has 0 aliphatic heterocycles. The molecule has 0 saturated carbocycles. The molecule has 0 aliphatic carbocycles. The first kappa shape index (κ1) is 21.9. The molecule has 0 aromatic heterocycles. The first-order chi connectivity index (χ1) is 13.7. The summed E-state index contributed by atoms with van der Waals surface area (Å²) in [4.78, 5) is 4.24. The van der Waals surface area contributed by atoms with Crippen molar-refractivity contribution in [3.05, 3.63) is 71.0 Å². The number of benzene rings is 2. The molecule has 152 valence electrons. The third-order valence-corrected chi connectivity index (χ3v) is 4.14. The number of rotatable bonds is 11. The quantitative estimate of drug-likeness (QED) is 0.353. The Morgan fingerprint density at radius 2 is 1.71 bits per heavy atom. The van der Waals surface area contributed by atoms with Crippen LogP contribution in [0.25, 0.3) is 0 Å². The van der Waals surface area contributed by atoms with E-state index in [1.807, 2.05) is 13.0 Å². The SMILES string of the molecule is CCOCCOCc1cccc(CNC(=NC)NCCc2ccc(F)cc2)c1. The summed E-state index contributed by atoms with van der Waals surface area (Å²) in [5.74, 6) is 0.525. The van der Waals surface area contributed by atoms with Crippen LogP contribution in [0.4, 0.5) is 4.39 Å². The second kappa shape index (κ2) is 12.9.